The normalized spacial score (nSPS) is 12.0. The van der Waals surface area contributed by atoms with Crippen LogP contribution in [0.5, 0.6) is 0 Å². The molecule has 0 aliphatic heterocycles. The number of aryl methyl sites for hydroxylation is 3. The van der Waals surface area contributed by atoms with E-state index < -0.39 is 0 Å². The van der Waals surface area contributed by atoms with E-state index in [1.54, 1.807) is 11.8 Å². The van der Waals surface area contributed by atoms with Crippen LogP contribution in [0, 0.1) is 20.8 Å². The number of anilines is 1. The fraction of sp³-hybridized carbons (Fsp3) is 0.316. The van der Waals surface area contributed by atoms with E-state index in [0.29, 0.717) is 0 Å². The summed E-state index contributed by atoms with van der Waals surface area (Å²) in [6.07, 6.45) is 0. The van der Waals surface area contributed by atoms with Gasteiger partial charge in [0, 0.05) is 11.4 Å². The van der Waals surface area contributed by atoms with Crippen LogP contribution in [-0.4, -0.2) is 11.2 Å². The maximum atomic E-state index is 12.4. The summed E-state index contributed by atoms with van der Waals surface area (Å²) >= 11 is 1.66. The molecule has 3 heteroatoms. The monoisotopic (exact) mass is 313 g/mol. The van der Waals surface area contributed by atoms with Crippen molar-refractivity contribution in [3.8, 4) is 0 Å². The predicted molar refractivity (Wildman–Crippen MR) is 96.5 cm³/mol. The largest absolute Gasteiger partial charge is 0.325 e. The molecule has 0 radical (unpaired) electrons. The molecular formula is C19H23NOS. The quantitative estimate of drug-likeness (QED) is 0.853. The molecule has 1 atom stereocenters. The number of thioether (sulfide) groups is 1. The third-order valence-corrected chi connectivity index (χ3v) is 4.85. The van der Waals surface area contributed by atoms with Gasteiger partial charge in [-0.15, -0.1) is 11.8 Å². The molecule has 2 aromatic carbocycles. The molecule has 0 heterocycles. The highest BCUT2D eigenvalue weighted by molar-refractivity contribution is 7.99. The Morgan fingerprint density at radius 3 is 2.27 bits per heavy atom. The van der Waals surface area contributed by atoms with Crippen molar-refractivity contribution in [1.82, 2.24) is 0 Å². The summed E-state index contributed by atoms with van der Waals surface area (Å²) in [5, 5.41) is 3.00. The number of benzene rings is 2. The fourth-order valence-corrected chi connectivity index (χ4v) is 3.32. The minimum atomic E-state index is -0.0830. The smallest absolute Gasteiger partial charge is 0.237 e. The number of hydrogen-bond acceptors (Lipinski definition) is 2. The SMILES string of the molecule is Cc1cc(C)c(NC(=O)[C@@H](C)SCc2ccccc2)c(C)c1. The van der Waals surface area contributed by atoms with Gasteiger partial charge in [-0.1, -0.05) is 48.0 Å². The molecule has 0 fully saturated rings. The molecule has 0 aliphatic carbocycles. The van der Waals surface area contributed by atoms with Gasteiger partial charge in [-0.2, -0.15) is 0 Å². The third kappa shape index (κ3) is 4.38. The molecule has 2 nitrogen and oxygen atoms in total. The van der Waals surface area contributed by atoms with Crippen molar-refractivity contribution in [2.45, 2.75) is 38.7 Å². The van der Waals surface area contributed by atoms with Crippen molar-refractivity contribution in [2.24, 2.45) is 0 Å². The highest BCUT2D eigenvalue weighted by Crippen LogP contribution is 2.24. The van der Waals surface area contributed by atoms with E-state index in [2.05, 4.69) is 36.5 Å². The lowest BCUT2D eigenvalue weighted by molar-refractivity contribution is -0.115. The Balaban J connectivity index is 1.97. The van der Waals surface area contributed by atoms with Crippen LogP contribution in [0.1, 0.15) is 29.2 Å². The van der Waals surface area contributed by atoms with Gasteiger partial charge >= 0.3 is 0 Å². The molecule has 0 saturated heterocycles. The summed E-state index contributed by atoms with van der Waals surface area (Å²) in [4.78, 5) is 12.4. The van der Waals surface area contributed by atoms with E-state index in [1.807, 2.05) is 39.0 Å². The molecule has 0 aliphatic rings. The molecule has 0 unspecified atom stereocenters. The molecule has 2 rings (SSSR count). The van der Waals surface area contributed by atoms with Crippen LogP contribution in [0.25, 0.3) is 0 Å². The number of carbonyl (C=O) groups is 1. The first kappa shape index (κ1) is 16.6. The number of nitrogens with one attached hydrogen (secondary N) is 1. The molecule has 0 bridgehead atoms. The van der Waals surface area contributed by atoms with Crippen molar-refractivity contribution in [3.63, 3.8) is 0 Å². The summed E-state index contributed by atoms with van der Waals surface area (Å²) < 4.78 is 0. The maximum absolute atomic E-state index is 12.4. The van der Waals surface area contributed by atoms with Crippen LogP contribution in [0.3, 0.4) is 0 Å². The zero-order valence-electron chi connectivity index (χ0n) is 13.6. The van der Waals surface area contributed by atoms with Gasteiger partial charge < -0.3 is 5.32 Å². The molecule has 22 heavy (non-hydrogen) atoms. The lowest BCUT2D eigenvalue weighted by Crippen LogP contribution is -2.23. The van der Waals surface area contributed by atoms with Gasteiger partial charge in [0.15, 0.2) is 0 Å². The van der Waals surface area contributed by atoms with Crippen LogP contribution < -0.4 is 5.32 Å². The van der Waals surface area contributed by atoms with Gasteiger partial charge in [0.05, 0.1) is 5.25 Å². The molecule has 0 aromatic heterocycles. The number of amides is 1. The van der Waals surface area contributed by atoms with E-state index in [9.17, 15) is 4.79 Å². The Bertz CT molecular complexity index is 629. The summed E-state index contributed by atoms with van der Waals surface area (Å²) in [5.41, 5.74) is 5.65. The van der Waals surface area contributed by atoms with Gasteiger partial charge in [0.2, 0.25) is 5.91 Å². The van der Waals surface area contributed by atoms with Crippen LogP contribution in [0.15, 0.2) is 42.5 Å². The topological polar surface area (TPSA) is 29.1 Å². The van der Waals surface area contributed by atoms with Crippen molar-refractivity contribution in [2.75, 3.05) is 5.32 Å². The summed E-state index contributed by atoms with van der Waals surface area (Å²) in [7, 11) is 0. The molecule has 1 amide bonds. The molecule has 1 N–H and O–H groups in total. The Morgan fingerprint density at radius 1 is 1.09 bits per heavy atom. The van der Waals surface area contributed by atoms with Crippen molar-refractivity contribution in [3.05, 3.63) is 64.7 Å². The standard InChI is InChI=1S/C19H23NOS/c1-13-10-14(2)18(15(3)11-13)20-19(21)16(4)22-12-17-8-6-5-7-9-17/h5-11,16H,12H2,1-4H3,(H,20,21)/t16-/m1/s1. The summed E-state index contributed by atoms with van der Waals surface area (Å²) in [5.74, 6) is 0.914. The average Bonchev–Trinajstić information content (AvgIpc) is 2.49. The lowest BCUT2D eigenvalue weighted by atomic mass is 10.1. The van der Waals surface area contributed by atoms with Crippen LogP contribution in [0.4, 0.5) is 5.69 Å². The van der Waals surface area contributed by atoms with E-state index in [-0.39, 0.29) is 11.2 Å². The average molecular weight is 313 g/mol. The summed E-state index contributed by atoms with van der Waals surface area (Å²) in [6, 6.07) is 14.4. The Morgan fingerprint density at radius 2 is 1.68 bits per heavy atom. The van der Waals surface area contributed by atoms with E-state index >= 15 is 0 Å². The number of carbonyl (C=O) groups excluding carboxylic acids is 1. The Kier molecular flexibility index (Phi) is 5.67. The first-order chi connectivity index (χ1) is 10.5. The van der Waals surface area contributed by atoms with Crippen molar-refractivity contribution in [1.29, 1.82) is 0 Å². The maximum Gasteiger partial charge on any atom is 0.237 e. The number of hydrogen-bond donors (Lipinski definition) is 1. The van der Waals surface area contributed by atoms with E-state index in [0.717, 1.165) is 22.6 Å². The minimum Gasteiger partial charge on any atom is -0.325 e. The van der Waals surface area contributed by atoms with E-state index in [4.69, 9.17) is 0 Å². The first-order valence-electron chi connectivity index (χ1n) is 7.51. The van der Waals surface area contributed by atoms with Crippen LogP contribution in [0.2, 0.25) is 0 Å². The minimum absolute atomic E-state index is 0.0657. The Labute approximate surface area is 137 Å². The molecule has 2 aromatic rings. The van der Waals surface area contributed by atoms with Gasteiger partial charge in [-0.3, -0.25) is 4.79 Å². The third-order valence-electron chi connectivity index (χ3n) is 3.64. The molecular weight excluding hydrogens is 290 g/mol. The zero-order valence-corrected chi connectivity index (χ0v) is 14.5. The number of rotatable bonds is 5. The van der Waals surface area contributed by atoms with Gasteiger partial charge in [0.25, 0.3) is 0 Å². The Hall–Kier alpha value is -1.74. The van der Waals surface area contributed by atoms with Crippen molar-refractivity contribution >= 4 is 23.4 Å². The predicted octanol–water partition coefficient (Wildman–Crippen LogP) is 4.87. The van der Waals surface area contributed by atoms with Gasteiger partial charge in [0.1, 0.15) is 0 Å². The first-order valence-corrected chi connectivity index (χ1v) is 8.56. The van der Waals surface area contributed by atoms with Crippen LogP contribution >= 0.6 is 11.8 Å². The fourth-order valence-electron chi connectivity index (χ4n) is 2.47. The van der Waals surface area contributed by atoms with Gasteiger partial charge in [-0.25, -0.2) is 0 Å². The molecule has 0 spiro atoms. The van der Waals surface area contributed by atoms with Gasteiger partial charge in [-0.05, 0) is 44.4 Å². The molecule has 0 saturated carbocycles. The summed E-state index contributed by atoms with van der Waals surface area (Å²) in [6.45, 7) is 8.11. The highest BCUT2D eigenvalue weighted by atomic mass is 32.2. The van der Waals surface area contributed by atoms with Crippen molar-refractivity contribution < 1.29 is 4.79 Å². The zero-order chi connectivity index (χ0) is 16.1. The van der Waals surface area contributed by atoms with Crippen LogP contribution in [-0.2, 0) is 10.5 Å². The highest BCUT2D eigenvalue weighted by Gasteiger charge is 2.15. The second-order valence-electron chi connectivity index (χ2n) is 5.70. The second kappa shape index (κ2) is 7.50. The molecule has 116 valence electrons. The van der Waals surface area contributed by atoms with E-state index in [1.165, 1.54) is 11.1 Å². The second-order valence-corrected chi connectivity index (χ2v) is 7.03. The lowest BCUT2D eigenvalue weighted by Gasteiger charge is -2.16.